The molecule has 1 saturated carbocycles. The highest BCUT2D eigenvalue weighted by atomic mass is 32.2. The fraction of sp³-hybridized carbons (Fsp3) is 0.524. The van der Waals surface area contributed by atoms with E-state index in [0.29, 0.717) is 5.92 Å². The Morgan fingerprint density at radius 1 is 1.19 bits per heavy atom. The zero-order valence-electron chi connectivity index (χ0n) is 17.5. The standard InChI is InChI=1S/C21H23F3N6S2/c1-29-18(17-12-32-28-25-17)26-27-19(29)31-10-2-8-30-9-7-20(13-30)11-16(20)14-3-5-15(6-4-14)21(22,23)24/h3-6,12,16H,2,7-11,13H2,1H3/t16?,20-/m0/s1. The molecule has 32 heavy (non-hydrogen) atoms. The summed E-state index contributed by atoms with van der Waals surface area (Å²) in [6, 6.07) is 5.76. The smallest absolute Gasteiger partial charge is 0.304 e. The Bertz CT molecular complexity index is 1070. The topological polar surface area (TPSA) is 59.7 Å². The van der Waals surface area contributed by atoms with Crippen LogP contribution in [0.25, 0.3) is 11.5 Å². The Balaban J connectivity index is 1.08. The van der Waals surface area contributed by atoms with Gasteiger partial charge in [-0.05, 0) is 72.9 Å². The Kier molecular flexibility index (Phi) is 5.75. The van der Waals surface area contributed by atoms with Crippen LogP contribution < -0.4 is 0 Å². The predicted octanol–water partition coefficient (Wildman–Crippen LogP) is 4.71. The van der Waals surface area contributed by atoms with Crippen LogP contribution in [0.1, 0.15) is 36.3 Å². The molecule has 1 spiro atoms. The third-order valence-corrected chi connectivity index (χ3v) is 8.18. The van der Waals surface area contributed by atoms with Crippen molar-refractivity contribution in [3.8, 4) is 11.5 Å². The van der Waals surface area contributed by atoms with Crippen molar-refractivity contribution < 1.29 is 13.2 Å². The van der Waals surface area contributed by atoms with Crippen molar-refractivity contribution in [3.63, 3.8) is 0 Å². The van der Waals surface area contributed by atoms with Crippen LogP contribution in [0.2, 0.25) is 0 Å². The van der Waals surface area contributed by atoms with E-state index in [1.807, 2.05) is 17.0 Å². The number of benzene rings is 1. The molecule has 2 fully saturated rings. The van der Waals surface area contributed by atoms with Gasteiger partial charge in [0.25, 0.3) is 0 Å². The second-order valence-corrected chi connectivity index (χ2v) is 10.3. The molecule has 5 rings (SSSR count). The van der Waals surface area contributed by atoms with Gasteiger partial charge in [-0.1, -0.05) is 28.4 Å². The van der Waals surface area contributed by atoms with E-state index in [1.54, 1.807) is 23.9 Å². The van der Waals surface area contributed by atoms with Gasteiger partial charge in [-0.2, -0.15) is 13.2 Å². The number of halogens is 3. The number of nitrogens with zero attached hydrogens (tertiary/aromatic N) is 6. The van der Waals surface area contributed by atoms with Crippen molar-refractivity contribution in [1.29, 1.82) is 0 Å². The quantitative estimate of drug-likeness (QED) is 0.361. The highest BCUT2D eigenvalue weighted by molar-refractivity contribution is 7.99. The average Bonchev–Trinajstić information content (AvgIpc) is 3.16. The normalized spacial score (nSPS) is 23.3. The van der Waals surface area contributed by atoms with Gasteiger partial charge in [-0.3, -0.25) is 0 Å². The Labute approximate surface area is 192 Å². The summed E-state index contributed by atoms with van der Waals surface area (Å²) in [5.41, 5.74) is 1.47. The first-order chi connectivity index (χ1) is 15.4. The van der Waals surface area contributed by atoms with Crippen molar-refractivity contribution in [3.05, 3.63) is 40.8 Å². The first kappa shape index (κ1) is 21.8. The third-order valence-electron chi connectivity index (χ3n) is 6.57. The average molecular weight is 481 g/mol. The molecule has 11 heteroatoms. The largest absolute Gasteiger partial charge is 0.416 e. The maximum atomic E-state index is 12.8. The summed E-state index contributed by atoms with van der Waals surface area (Å²) in [5.74, 6) is 2.07. The number of likely N-dealkylation sites (tertiary alicyclic amines) is 1. The van der Waals surface area contributed by atoms with Crippen LogP contribution in [-0.4, -0.2) is 54.6 Å². The van der Waals surface area contributed by atoms with E-state index in [9.17, 15) is 13.2 Å². The van der Waals surface area contributed by atoms with Gasteiger partial charge < -0.3 is 9.47 Å². The van der Waals surface area contributed by atoms with Crippen LogP contribution in [0.15, 0.2) is 34.8 Å². The first-order valence-corrected chi connectivity index (χ1v) is 12.4. The lowest BCUT2D eigenvalue weighted by Gasteiger charge is -2.16. The highest BCUT2D eigenvalue weighted by Crippen LogP contribution is 2.64. The molecule has 6 nitrogen and oxygen atoms in total. The van der Waals surface area contributed by atoms with E-state index in [2.05, 4.69) is 24.7 Å². The van der Waals surface area contributed by atoms with Crippen LogP contribution in [0.4, 0.5) is 13.2 Å². The number of alkyl halides is 3. The van der Waals surface area contributed by atoms with Crippen LogP contribution in [-0.2, 0) is 13.2 Å². The predicted molar refractivity (Wildman–Crippen MR) is 118 cm³/mol. The van der Waals surface area contributed by atoms with E-state index in [0.717, 1.165) is 66.9 Å². The highest BCUT2D eigenvalue weighted by Gasteiger charge is 2.57. The minimum absolute atomic E-state index is 0.257. The van der Waals surface area contributed by atoms with Crippen LogP contribution in [0, 0.1) is 5.41 Å². The molecule has 0 amide bonds. The van der Waals surface area contributed by atoms with Crippen molar-refractivity contribution in [2.75, 3.05) is 25.4 Å². The molecule has 0 bridgehead atoms. The Morgan fingerprint density at radius 2 is 2.00 bits per heavy atom. The van der Waals surface area contributed by atoms with Crippen LogP contribution >= 0.6 is 23.3 Å². The minimum Gasteiger partial charge on any atom is -0.304 e. The van der Waals surface area contributed by atoms with Gasteiger partial charge in [-0.25, -0.2) is 0 Å². The zero-order valence-corrected chi connectivity index (χ0v) is 19.2. The second kappa shape index (κ2) is 8.42. The maximum absolute atomic E-state index is 12.8. The summed E-state index contributed by atoms with van der Waals surface area (Å²) in [7, 11) is 1.94. The lowest BCUT2D eigenvalue weighted by atomic mass is 9.97. The molecule has 2 aliphatic rings. The molecule has 3 aromatic rings. The van der Waals surface area contributed by atoms with Crippen molar-refractivity contribution in [2.24, 2.45) is 12.5 Å². The van der Waals surface area contributed by atoms with Gasteiger partial charge in [0.15, 0.2) is 11.0 Å². The van der Waals surface area contributed by atoms with Gasteiger partial charge in [0, 0.05) is 24.7 Å². The Hall–Kier alpha value is -1.98. The molecule has 1 aromatic carbocycles. The van der Waals surface area contributed by atoms with E-state index in [-0.39, 0.29) is 5.41 Å². The van der Waals surface area contributed by atoms with E-state index in [4.69, 9.17) is 0 Å². The molecule has 2 atom stereocenters. The number of aromatic nitrogens is 5. The summed E-state index contributed by atoms with van der Waals surface area (Å²) in [5, 5.41) is 15.3. The van der Waals surface area contributed by atoms with Gasteiger partial charge >= 0.3 is 6.18 Å². The van der Waals surface area contributed by atoms with Gasteiger partial charge in [0.1, 0.15) is 5.69 Å². The van der Waals surface area contributed by atoms with E-state index >= 15 is 0 Å². The summed E-state index contributed by atoms with van der Waals surface area (Å²) < 4.78 is 44.2. The SMILES string of the molecule is Cn1c(SCCCN2CC[C@]3(CC3c3ccc(C(F)(F)F)cc3)C2)nnc1-c1csnn1. The molecular formula is C21H23F3N6S2. The number of hydrogen-bond acceptors (Lipinski definition) is 7. The molecule has 170 valence electrons. The molecule has 1 aliphatic heterocycles. The lowest BCUT2D eigenvalue weighted by Crippen LogP contribution is -2.23. The van der Waals surface area contributed by atoms with Gasteiger partial charge in [-0.15, -0.1) is 15.3 Å². The molecule has 1 saturated heterocycles. The van der Waals surface area contributed by atoms with Crippen molar-refractivity contribution in [2.45, 2.75) is 36.5 Å². The van der Waals surface area contributed by atoms with Crippen LogP contribution in [0.3, 0.4) is 0 Å². The molecule has 1 unspecified atom stereocenters. The number of rotatable bonds is 7. The number of thioether (sulfide) groups is 1. The summed E-state index contributed by atoms with van der Waals surface area (Å²) in [4.78, 5) is 2.49. The summed E-state index contributed by atoms with van der Waals surface area (Å²) >= 11 is 2.98. The van der Waals surface area contributed by atoms with E-state index < -0.39 is 11.7 Å². The molecule has 2 aromatic heterocycles. The first-order valence-electron chi connectivity index (χ1n) is 10.5. The minimum atomic E-state index is -4.27. The molecular weight excluding hydrogens is 457 g/mol. The zero-order chi connectivity index (χ0) is 22.3. The number of hydrogen-bond donors (Lipinski definition) is 0. The molecule has 0 radical (unpaired) electrons. The maximum Gasteiger partial charge on any atom is 0.416 e. The fourth-order valence-electron chi connectivity index (χ4n) is 4.73. The molecule has 0 N–H and O–H groups in total. The van der Waals surface area contributed by atoms with Gasteiger partial charge in [0.2, 0.25) is 0 Å². The molecule has 1 aliphatic carbocycles. The van der Waals surface area contributed by atoms with Crippen molar-refractivity contribution in [1.82, 2.24) is 29.3 Å². The monoisotopic (exact) mass is 480 g/mol. The summed E-state index contributed by atoms with van der Waals surface area (Å²) in [6.07, 6.45) is -1.02. The van der Waals surface area contributed by atoms with Crippen molar-refractivity contribution >= 4 is 23.3 Å². The van der Waals surface area contributed by atoms with E-state index in [1.165, 1.54) is 23.7 Å². The summed E-state index contributed by atoms with van der Waals surface area (Å²) in [6.45, 7) is 3.12. The lowest BCUT2D eigenvalue weighted by molar-refractivity contribution is -0.137. The van der Waals surface area contributed by atoms with Gasteiger partial charge in [0.05, 0.1) is 5.56 Å². The Morgan fingerprint density at radius 3 is 2.72 bits per heavy atom. The van der Waals surface area contributed by atoms with Crippen LogP contribution in [0.5, 0.6) is 0 Å². The molecule has 3 heterocycles. The second-order valence-electron chi connectivity index (χ2n) is 8.62. The fourth-order valence-corrected chi connectivity index (χ4v) is 6.00. The third kappa shape index (κ3) is 4.29.